The Bertz CT molecular complexity index is 1580. The average molecular weight is 516 g/mol. The van der Waals surface area contributed by atoms with E-state index in [1.54, 1.807) is 24.5 Å². The smallest absolute Gasteiger partial charge is 0.306 e. The summed E-state index contributed by atoms with van der Waals surface area (Å²) in [6, 6.07) is 12.7. The topological polar surface area (TPSA) is 145 Å². The summed E-state index contributed by atoms with van der Waals surface area (Å²) in [5.74, 6) is 0.361. The van der Waals surface area contributed by atoms with Crippen LogP contribution in [0.15, 0.2) is 63.2 Å². The number of benzene rings is 2. The molecule has 1 aliphatic rings. The van der Waals surface area contributed by atoms with Crippen LogP contribution < -0.4 is 10.6 Å². The molecular formula is C26H25N7O5. The van der Waals surface area contributed by atoms with Gasteiger partial charge in [0.25, 0.3) is 5.90 Å². The third-order valence-corrected chi connectivity index (χ3v) is 5.76. The van der Waals surface area contributed by atoms with Crippen molar-refractivity contribution in [3.63, 3.8) is 0 Å². The third kappa shape index (κ3) is 4.83. The Hall–Kier alpha value is -5.00. The molecule has 12 heteroatoms. The first kappa shape index (κ1) is 24.7. The molecule has 2 aromatic carbocycles. The molecule has 2 N–H and O–H groups in total. The first-order valence-electron chi connectivity index (χ1n) is 11.9. The molecular weight excluding hydrogens is 490 g/mol. The van der Waals surface area contributed by atoms with Crippen LogP contribution in [-0.4, -0.2) is 59.1 Å². The SMILES string of the molecule is CCOC1=Nn2nc(-c3cccc(NC(=O)CCC(=O)OC)c3)nc2C1=Nc1ccc(NC)c2ccoc12. The van der Waals surface area contributed by atoms with Gasteiger partial charge in [0.1, 0.15) is 5.69 Å². The van der Waals surface area contributed by atoms with Crippen LogP contribution in [0.25, 0.3) is 22.4 Å². The zero-order valence-corrected chi connectivity index (χ0v) is 21.0. The molecule has 0 atom stereocenters. The van der Waals surface area contributed by atoms with E-state index in [0.717, 1.165) is 11.1 Å². The molecule has 1 aliphatic heterocycles. The van der Waals surface area contributed by atoms with Crippen LogP contribution in [0.5, 0.6) is 0 Å². The number of nitrogens with zero attached hydrogens (tertiary/aromatic N) is 5. The van der Waals surface area contributed by atoms with Gasteiger partial charge in [0.2, 0.25) is 11.7 Å². The van der Waals surface area contributed by atoms with Crippen molar-refractivity contribution in [2.45, 2.75) is 19.8 Å². The van der Waals surface area contributed by atoms with Crippen molar-refractivity contribution in [2.75, 3.05) is 31.4 Å². The van der Waals surface area contributed by atoms with E-state index in [-0.39, 0.29) is 18.7 Å². The minimum atomic E-state index is -0.444. The number of fused-ring (bicyclic) bond motifs is 2. The minimum absolute atomic E-state index is 0.00161. The van der Waals surface area contributed by atoms with Crippen LogP contribution in [-0.2, 0) is 19.1 Å². The summed E-state index contributed by atoms with van der Waals surface area (Å²) in [5.41, 5.74) is 3.77. The fraction of sp³-hybridized carbons (Fsp3) is 0.231. The second kappa shape index (κ2) is 10.5. The minimum Gasteiger partial charge on any atom is -0.475 e. The lowest BCUT2D eigenvalue weighted by molar-refractivity contribution is -0.141. The number of nitrogens with one attached hydrogen (secondary N) is 2. The van der Waals surface area contributed by atoms with Crippen LogP contribution in [0.1, 0.15) is 25.6 Å². The van der Waals surface area contributed by atoms with E-state index in [2.05, 4.69) is 30.6 Å². The van der Waals surface area contributed by atoms with Gasteiger partial charge in [0.05, 0.1) is 26.4 Å². The van der Waals surface area contributed by atoms with Gasteiger partial charge in [-0.25, -0.2) is 9.98 Å². The van der Waals surface area contributed by atoms with E-state index in [4.69, 9.17) is 14.1 Å². The lowest BCUT2D eigenvalue weighted by Gasteiger charge is -2.06. The Labute approximate surface area is 217 Å². The molecule has 2 aromatic heterocycles. The van der Waals surface area contributed by atoms with E-state index in [1.165, 1.54) is 11.9 Å². The molecule has 0 bridgehead atoms. The molecule has 0 unspecified atom stereocenters. The Morgan fingerprint density at radius 3 is 2.82 bits per heavy atom. The largest absolute Gasteiger partial charge is 0.475 e. The fourth-order valence-corrected chi connectivity index (χ4v) is 3.96. The first-order valence-corrected chi connectivity index (χ1v) is 11.9. The number of carbonyl (C=O) groups is 2. The van der Waals surface area contributed by atoms with Gasteiger partial charge in [-0.05, 0) is 37.3 Å². The molecule has 4 aromatic rings. The normalized spacial score (nSPS) is 13.3. The predicted octanol–water partition coefficient (Wildman–Crippen LogP) is 3.96. The standard InChI is InChI=1S/C26H25N7O5/c1-4-37-26-22(29-19-9-8-18(27-2)17-12-13-38-23(17)19)25-30-24(31-33(25)32-26)15-6-5-7-16(14-15)28-20(34)10-11-21(35)36-3/h5-9,12-14,27H,4,10-11H2,1-3H3,(H,28,34). The summed E-state index contributed by atoms with van der Waals surface area (Å²) in [6.45, 7) is 2.25. The maximum absolute atomic E-state index is 12.2. The lowest BCUT2D eigenvalue weighted by atomic mass is 10.2. The van der Waals surface area contributed by atoms with Crippen molar-refractivity contribution < 1.29 is 23.5 Å². The monoisotopic (exact) mass is 515 g/mol. The Morgan fingerprint density at radius 2 is 2.03 bits per heavy atom. The van der Waals surface area contributed by atoms with Crippen molar-refractivity contribution >= 4 is 51.5 Å². The molecule has 3 heterocycles. The zero-order valence-electron chi connectivity index (χ0n) is 21.0. The van der Waals surface area contributed by atoms with Gasteiger partial charge < -0.3 is 24.5 Å². The van der Waals surface area contributed by atoms with E-state index >= 15 is 0 Å². The summed E-state index contributed by atoms with van der Waals surface area (Å²) < 4.78 is 16.0. The predicted molar refractivity (Wildman–Crippen MR) is 142 cm³/mol. The van der Waals surface area contributed by atoms with Crippen LogP contribution >= 0.6 is 0 Å². The second-order valence-electron chi connectivity index (χ2n) is 8.20. The summed E-state index contributed by atoms with van der Waals surface area (Å²) in [5, 5.41) is 15.8. The van der Waals surface area contributed by atoms with Crippen LogP contribution in [0.3, 0.4) is 0 Å². The van der Waals surface area contributed by atoms with Gasteiger partial charge >= 0.3 is 5.97 Å². The summed E-state index contributed by atoms with van der Waals surface area (Å²) >= 11 is 0. The van der Waals surface area contributed by atoms with Crippen molar-refractivity contribution in [1.29, 1.82) is 0 Å². The van der Waals surface area contributed by atoms with Crippen LogP contribution in [0.4, 0.5) is 17.1 Å². The molecule has 194 valence electrons. The summed E-state index contributed by atoms with van der Waals surface area (Å²) in [7, 11) is 3.13. The van der Waals surface area contributed by atoms with E-state index in [1.807, 2.05) is 38.2 Å². The molecule has 0 radical (unpaired) electrons. The van der Waals surface area contributed by atoms with Gasteiger partial charge in [-0.1, -0.05) is 12.1 Å². The highest BCUT2D eigenvalue weighted by Crippen LogP contribution is 2.33. The van der Waals surface area contributed by atoms with Gasteiger partial charge in [-0.15, -0.1) is 15.0 Å². The first-order chi connectivity index (χ1) is 18.5. The number of hydrogen-bond donors (Lipinski definition) is 2. The summed E-state index contributed by atoms with van der Waals surface area (Å²) in [6.07, 6.45) is 1.63. The van der Waals surface area contributed by atoms with Gasteiger partial charge in [0, 0.05) is 35.8 Å². The van der Waals surface area contributed by atoms with Crippen molar-refractivity contribution in [1.82, 2.24) is 14.9 Å². The Kier molecular flexibility index (Phi) is 6.85. The fourth-order valence-electron chi connectivity index (χ4n) is 3.96. The number of rotatable bonds is 8. The highest BCUT2D eigenvalue weighted by atomic mass is 16.5. The third-order valence-electron chi connectivity index (χ3n) is 5.76. The maximum Gasteiger partial charge on any atom is 0.306 e. The molecule has 1 amide bonds. The number of aliphatic imine (C=N–C) groups is 1. The van der Waals surface area contributed by atoms with Crippen LogP contribution in [0, 0.1) is 0 Å². The maximum atomic E-state index is 12.2. The molecule has 12 nitrogen and oxygen atoms in total. The van der Waals surface area contributed by atoms with E-state index in [9.17, 15) is 9.59 Å². The number of amides is 1. The molecule has 0 aliphatic carbocycles. The number of ether oxygens (including phenoxy) is 2. The number of methoxy groups -OCH3 is 1. The lowest BCUT2D eigenvalue weighted by Crippen LogP contribution is -2.16. The number of aromatic nitrogens is 3. The number of hydrogen-bond acceptors (Lipinski definition) is 10. The second-order valence-corrected chi connectivity index (χ2v) is 8.20. The van der Waals surface area contributed by atoms with Crippen molar-refractivity contribution in [2.24, 2.45) is 10.1 Å². The summed E-state index contributed by atoms with van der Waals surface area (Å²) in [4.78, 5) is 34.4. The molecule has 0 fully saturated rings. The molecule has 0 spiro atoms. The van der Waals surface area contributed by atoms with E-state index < -0.39 is 5.97 Å². The van der Waals surface area contributed by atoms with Gasteiger partial charge in [-0.3, -0.25) is 9.59 Å². The van der Waals surface area contributed by atoms with E-state index in [0.29, 0.717) is 52.4 Å². The van der Waals surface area contributed by atoms with Gasteiger partial charge in [0.15, 0.2) is 17.1 Å². The number of carbonyl (C=O) groups excluding carboxylic acids is 2. The van der Waals surface area contributed by atoms with Gasteiger partial charge in [-0.2, -0.15) is 0 Å². The average Bonchev–Trinajstić information content (AvgIpc) is 3.64. The molecule has 0 saturated carbocycles. The quantitative estimate of drug-likeness (QED) is 0.336. The molecule has 0 saturated heterocycles. The zero-order chi connectivity index (χ0) is 26.6. The molecule has 38 heavy (non-hydrogen) atoms. The van der Waals surface area contributed by atoms with Crippen LogP contribution in [0.2, 0.25) is 0 Å². The highest BCUT2D eigenvalue weighted by molar-refractivity contribution is 6.46. The number of furan rings is 1. The number of anilines is 2. The highest BCUT2D eigenvalue weighted by Gasteiger charge is 2.30. The van der Waals surface area contributed by atoms with Crippen molar-refractivity contribution in [3.05, 3.63) is 54.6 Å². The Balaban J connectivity index is 1.45. The molecule has 5 rings (SSSR count). The van der Waals surface area contributed by atoms with Crippen molar-refractivity contribution in [3.8, 4) is 11.4 Å². The Morgan fingerprint density at radius 1 is 1.16 bits per heavy atom. The number of esters is 1.